The summed E-state index contributed by atoms with van der Waals surface area (Å²) in [4.78, 5) is 12.3. The van der Waals surface area contributed by atoms with Crippen LogP contribution in [0.15, 0.2) is 34.7 Å². The molecule has 1 aliphatic rings. The molecule has 21 heavy (non-hydrogen) atoms. The molecule has 1 amide bonds. The van der Waals surface area contributed by atoms with Gasteiger partial charge in [0, 0.05) is 17.2 Å². The van der Waals surface area contributed by atoms with Crippen LogP contribution in [0.3, 0.4) is 0 Å². The monoisotopic (exact) mass is 319 g/mol. The Morgan fingerprint density at radius 1 is 1.24 bits per heavy atom. The first kappa shape index (κ1) is 14.6. The summed E-state index contributed by atoms with van der Waals surface area (Å²) in [7, 11) is 0. The number of amides is 1. The van der Waals surface area contributed by atoms with Crippen molar-refractivity contribution in [3.63, 3.8) is 0 Å². The number of nitrogens with one attached hydrogen (secondary N) is 1. The second-order valence-corrected chi connectivity index (χ2v) is 7.70. The Morgan fingerprint density at radius 3 is 2.67 bits per heavy atom. The van der Waals surface area contributed by atoms with Crippen molar-refractivity contribution < 1.29 is 9.21 Å². The second-order valence-electron chi connectivity index (χ2n) is 4.98. The van der Waals surface area contributed by atoms with E-state index in [1.165, 1.54) is 17.1 Å². The van der Waals surface area contributed by atoms with Crippen LogP contribution >= 0.6 is 23.5 Å². The van der Waals surface area contributed by atoms with E-state index in [1.54, 1.807) is 6.07 Å². The number of thioether (sulfide) groups is 2. The smallest absolute Gasteiger partial charge is 0.259 e. The minimum atomic E-state index is -0.117. The molecule has 2 heterocycles. The van der Waals surface area contributed by atoms with Crippen molar-refractivity contribution in [2.45, 2.75) is 18.4 Å². The Hall–Kier alpha value is -1.33. The predicted octanol–water partition coefficient (Wildman–Crippen LogP) is 4.63. The van der Waals surface area contributed by atoms with E-state index < -0.39 is 0 Å². The van der Waals surface area contributed by atoms with Crippen LogP contribution in [-0.2, 0) is 0 Å². The summed E-state index contributed by atoms with van der Waals surface area (Å²) in [5.41, 5.74) is 2.70. The molecule has 0 radical (unpaired) electrons. The standard InChI is InChI=1S/C16H17NO2S2/c1-10-8-14(11(2)19-10)15(18)17-13-5-3-4-12(9-13)16-20-6-7-21-16/h3-5,8-9,16H,6-7H2,1-2H3,(H,17,18). The third kappa shape index (κ3) is 3.30. The average Bonchev–Trinajstić information content (AvgIpc) is 3.08. The summed E-state index contributed by atoms with van der Waals surface area (Å²) in [5.74, 6) is 3.68. The third-order valence-electron chi connectivity index (χ3n) is 3.32. The SMILES string of the molecule is Cc1cc(C(=O)Nc2cccc(C3SCCS3)c2)c(C)o1. The maximum absolute atomic E-state index is 12.3. The summed E-state index contributed by atoms with van der Waals surface area (Å²) in [6, 6.07) is 9.89. The van der Waals surface area contributed by atoms with Gasteiger partial charge in [0.25, 0.3) is 5.91 Å². The highest BCUT2D eigenvalue weighted by Gasteiger charge is 2.19. The molecule has 1 fully saturated rings. The number of hydrogen-bond acceptors (Lipinski definition) is 4. The number of rotatable bonds is 3. The molecule has 110 valence electrons. The summed E-state index contributed by atoms with van der Waals surface area (Å²) in [6.07, 6.45) is 0. The largest absolute Gasteiger partial charge is 0.466 e. The van der Waals surface area contributed by atoms with Gasteiger partial charge in [-0.05, 0) is 37.6 Å². The van der Waals surface area contributed by atoms with Crippen molar-refractivity contribution in [3.8, 4) is 0 Å². The fourth-order valence-corrected chi connectivity index (χ4v) is 5.21. The Morgan fingerprint density at radius 2 is 2.00 bits per heavy atom. The van der Waals surface area contributed by atoms with E-state index in [0.29, 0.717) is 15.9 Å². The fourth-order valence-electron chi connectivity index (χ4n) is 2.37. The van der Waals surface area contributed by atoms with E-state index in [4.69, 9.17) is 4.42 Å². The summed E-state index contributed by atoms with van der Waals surface area (Å²) >= 11 is 3.92. The summed E-state index contributed by atoms with van der Waals surface area (Å²) < 4.78 is 5.90. The molecule has 2 aromatic rings. The molecule has 3 nitrogen and oxygen atoms in total. The number of furan rings is 1. The number of benzene rings is 1. The number of hydrogen-bond donors (Lipinski definition) is 1. The molecule has 1 saturated heterocycles. The molecular formula is C16H17NO2S2. The maximum Gasteiger partial charge on any atom is 0.259 e. The normalized spacial score (nSPS) is 15.3. The lowest BCUT2D eigenvalue weighted by atomic mass is 10.2. The molecule has 0 unspecified atom stereocenters. The van der Waals surface area contributed by atoms with Crippen LogP contribution in [0, 0.1) is 13.8 Å². The van der Waals surface area contributed by atoms with Gasteiger partial charge in [-0.3, -0.25) is 4.79 Å². The predicted molar refractivity (Wildman–Crippen MR) is 90.2 cm³/mol. The highest BCUT2D eigenvalue weighted by Crippen LogP contribution is 2.45. The number of carbonyl (C=O) groups is 1. The van der Waals surface area contributed by atoms with Gasteiger partial charge in [0.15, 0.2) is 0 Å². The molecule has 3 rings (SSSR count). The molecule has 1 aromatic carbocycles. The van der Waals surface area contributed by atoms with Gasteiger partial charge >= 0.3 is 0 Å². The van der Waals surface area contributed by atoms with Crippen LogP contribution in [0.4, 0.5) is 5.69 Å². The average molecular weight is 319 g/mol. The molecule has 0 aliphatic carbocycles. The van der Waals surface area contributed by atoms with Crippen molar-refractivity contribution >= 4 is 35.1 Å². The first-order valence-corrected chi connectivity index (χ1v) is 8.95. The Balaban J connectivity index is 1.77. The van der Waals surface area contributed by atoms with Gasteiger partial charge in [0.05, 0.1) is 10.1 Å². The Kier molecular flexibility index (Phi) is 4.31. The van der Waals surface area contributed by atoms with Crippen LogP contribution in [0.25, 0.3) is 0 Å². The van der Waals surface area contributed by atoms with Crippen LogP contribution in [0.2, 0.25) is 0 Å². The second kappa shape index (κ2) is 6.20. The van der Waals surface area contributed by atoms with E-state index >= 15 is 0 Å². The molecule has 0 spiro atoms. The van der Waals surface area contributed by atoms with Crippen LogP contribution in [-0.4, -0.2) is 17.4 Å². The van der Waals surface area contributed by atoms with Crippen LogP contribution < -0.4 is 5.32 Å². The molecule has 0 atom stereocenters. The van der Waals surface area contributed by atoms with Gasteiger partial charge in [-0.2, -0.15) is 0 Å². The zero-order chi connectivity index (χ0) is 14.8. The Bertz CT molecular complexity index is 660. The van der Waals surface area contributed by atoms with E-state index in [-0.39, 0.29) is 5.91 Å². The van der Waals surface area contributed by atoms with Gasteiger partial charge in [-0.15, -0.1) is 23.5 Å². The van der Waals surface area contributed by atoms with E-state index in [1.807, 2.05) is 49.5 Å². The minimum Gasteiger partial charge on any atom is -0.466 e. The minimum absolute atomic E-state index is 0.117. The van der Waals surface area contributed by atoms with Crippen molar-refractivity contribution in [1.29, 1.82) is 0 Å². The maximum atomic E-state index is 12.3. The first-order chi connectivity index (χ1) is 10.1. The first-order valence-electron chi connectivity index (χ1n) is 6.85. The highest BCUT2D eigenvalue weighted by molar-refractivity contribution is 8.19. The number of aryl methyl sites for hydroxylation is 2. The molecule has 5 heteroatoms. The lowest BCUT2D eigenvalue weighted by molar-refractivity contribution is 0.102. The summed E-state index contributed by atoms with van der Waals surface area (Å²) in [6.45, 7) is 3.66. The topological polar surface area (TPSA) is 42.2 Å². The highest BCUT2D eigenvalue weighted by atomic mass is 32.2. The fraction of sp³-hybridized carbons (Fsp3) is 0.312. The molecule has 1 aliphatic heterocycles. The lowest BCUT2D eigenvalue weighted by Crippen LogP contribution is -2.12. The van der Waals surface area contributed by atoms with Crippen molar-refractivity contribution in [2.75, 3.05) is 16.8 Å². The number of anilines is 1. The van der Waals surface area contributed by atoms with Crippen LogP contribution in [0.5, 0.6) is 0 Å². The van der Waals surface area contributed by atoms with Crippen molar-refractivity contribution in [3.05, 3.63) is 53.0 Å². The van der Waals surface area contributed by atoms with Gasteiger partial charge in [0.1, 0.15) is 11.5 Å². The van der Waals surface area contributed by atoms with Gasteiger partial charge in [-0.1, -0.05) is 12.1 Å². The van der Waals surface area contributed by atoms with E-state index in [9.17, 15) is 4.79 Å². The molecule has 0 bridgehead atoms. The van der Waals surface area contributed by atoms with Crippen molar-refractivity contribution in [1.82, 2.24) is 0 Å². The molecule has 1 aromatic heterocycles. The molecule has 0 saturated carbocycles. The molecule has 1 N–H and O–H groups in total. The van der Waals surface area contributed by atoms with Crippen LogP contribution in [0.1, 0.15) is 32.0 Å². The quantitative estimate of drug-likeness (QED) is 0.896. The lowest BCUT2D eigenvalue weighted by Gasteiger charge is -2.11. The van der Waals surface area contributed by atoms with E-state index in [0.717, 1.165) is 11.4 Å². The Labute approximate surface area is 132 Å². The molecular weight excluding hydrogens is 302 g/mol. The van der Waals surface area contributed by atoms with Crippen molar-refractivity contribution in [2.24, 2.45) is 0 Å². The van der Waals surface area contributed by atoms with Gasteiger partial charge < -0.3 is 9.73 Å². The summed E-state index contributed by atoms with van der Waals surface area (Å²) in [5, 5.41) is 2.96. The zero-order valence-electron chi connectivity index (χ0n) is 12.0. The zero-order valence-corrected chi connectivity index (χ0v) is 13.6. The van der Waals surface area contributed by atoms with Gasteiger partial charge in [-0.25, -0.2) is 0 Å². The van der Waals surface area contributed by atoms with E-state index in [2.05, 4.69) is 17.4 Å². The third-order valence-corrected chi connectivity index (χ3v) is 6.43. The van der Waals surface area contributed by atoms with Gasteiger partial charge in [0.2, 0.25) is 0 Å². The number of carbonyl (C=O) groups excluding carboxylic acids is 1.